The molecule has 0 spiro atoms. The van der Waals surface area contributed by atoms with Gasteiger partial charge in [0.15, 0.2) is 12.2 Å². The molecular formula is C27H29N3O3. The summed E-state index contributed by atoms with van der Waals surface area (Å²) in [6.07, 6.45) is 0. The number of hydrogen-bond acceptors (Lipinski definition) is 5. The van der Waals surface area contributed by atoms with Gasteiger partial charge in [-0.05, 0) is 93.4 Å². The van der Waals surface area contributed by atoms with E-state index in [9.17, 15) is 4.79 Å². The molecule has 0 aliphatic rings. The maximum absolute atomic E-state index is 12.4. The van der Waals surface area contributed by atoms with Crippen molar-refractivity contribution in [1.82, 2.24) is 4.98 Å². The van der Waals surface area contributed by atoms with Crippen LogP contribution in [-0.4, -0.2) is 30.6 Å². The molecule has 4 aromatic rings. The zero-order valence-electron chi connectivity index (χ0n) is 19.5. The number of oxazole rings is 1. The van der Waals surface area contributed by atoms with Gasteiger partial charge < -0.3 is 19.4 Å². The second kappa shape index (κ2) is 9.77. The first-order chi connectivity index (χ1) is 15.9. The van der Waals surface area contributed by atoms with Crippen LogP contribution in [0.2, 0.25) is 0 Å². The molecule has 0 radical (unpaired) electrons. The average molecular weight is 444 g/mol. The van der Waals surface area contributed by atoms with Crippen LogP contribution in [0.5, 0.6) is 5.75 Å². The summed E-state index contributed by atoms with van der Waals surface area (Å²) in [5, 5.41) is 2.86. The standard InChI is InChI=1S/C27H29N3O3/c1-5-30(6-2)22-10-7-20(8-11-22)27-29-24-16-21(9-12-25(24)33-27)28-26(31)17-32-23-14-18(3)13-19(4)15-23/h7-16H,5-6,17H2,1-4H3,(H,28,31). The lowest BCUT2D eigenvalue weighted by molar-refractivity contribution is -0.118. The first-order valence-corrected chi connectivity index (χ1v) is 11.2. The molecule has 1 heterocycles. The molecule has 6 nitrogen and oxygen atoms in total. The van der Waals surface area contributed by atoms with Gasteiger partial charge in [-0.2, -0.15) is 0 Å². The number of benzene rings is 3. The highest BCUT2D eigenvalue weighted by Crippen LogP contribution is 2.28. The first-order valence-electron chi connectivity index (χ1n) is 11.2. The summed E-state index contributed by atoms with van der Waals surface area (Å²) in [5.74, 6) is 1.01. The van der Waals surface area contributed by atoms with Crippen LogP contribution in [0, 0.1) is 13.8 Å². The van der Waals surface area contributed by atoms with E-state index < -0.39 is 0 Å². The van der Waals surface area contributed by atoms with E-state index in [0.29, 0.717) is 28.4 Å². The Morgan fingerprint density at radius 2 is 1.67 bits per heavy atom. The molecule has 0 bridgehead atoms. The number of aryl methyl sites for hydroxylation is 2. The normalized spacial score (nSPS) is 10.9. The number of fused-ring (bicyclic) bond motifs is 1. The molecule has 0 fully saturated rings. The highest BCUT2D eigenvalue weighted by atomic mass is 16.5. The van der Waals surface area contributed by atoms with Gasteiger partial charge in [-0.15, -0.1) is 0 Å². The summed E-state index contributed by atoms with van der Waals surface area (Å²) in [4.78, 5) is 19.3. The maximum atomic E-state index is 12.4. The van der Waals surface area contributed by atoms with Crippen molar-refractivity contribution in [3.8, 4) is 17.2 Å². The third kappa shape index (κ3) is 5.34. The van der Waals surface area contributed by atoms with Gasteiger partial charge in [0.1, 0.15) is 11.3 Å². The maximum Gasteiger partial charge on any atom is 0.262 e. The summed E-state index contributed by atoms with van der Waals surface area (Å²) in [6.45, 7) is 10.1. The Morgan fingerprint density at radius 1 is 0.970 bits per heavy atom. The molecule has 0 saturated carbocycles. The number of carbonyl (C=O) groups is 1. The fourth-order valence-electron chi connectivity index (χ4n) is 3.89. The lowest BCUT2D eigenvalue weighted by atomic mass is 10.1. The van der Waals surface area contributed by atoms with Crippen LogP contribution >= 0.6 is 0 Å². The van der Waals surface area contributed by atoms with Crippen LogP contribution in [0.1, 0.15) is 25.0 Å². The van der Waals surface area contributed by atoms with Crippen molar-refractivity contribution in [2.45, 2.75) is 27.7 Å². The first kappa shape index (κ1) is 22.4. The minimum atomic E-state index is -0.232. The third-order valence-electron chi connectivity index (χ3n) is 5.48. The molecule has 4 rings (SSSR count). The Kier molecular flexibility index (Phi) is 6.63. The van der Waals surface area contributed by atoms with E-state index in [-0.39, 0.29) is 12.5 Å². The predicted molar refractivity (Wildman–Crippen MR) is 133 cm³/mol. The third-order valence-corrected chi connectivity index (χ3v) is 5.48. The Hall–Kier alpha value is -3.80. The molecule has 0 saturated heterocycles. The molecule has 1 N–H and O–H groups in total. The van der Waals surface area contributed by atoms with Crippen LogP contribution in [0.3, 0.4) is 0 Å². The van der Waals surface area contributed by atoms with Gasteiger partial charge in [0.05, 0.1) is 0 Å². The lowest BCUT2D eigenvalue weighted by Gasteiger charge is -2.20. The topological polar surface area (TPSA) is 67.6 Å². The molecule has 1 aromatic heterocycles. The number of nitrogens with one attached hydrogen (secondary N) is 1. The number of carbonyl (C=O) groups excluding carboxylic acids is 1. The molecule has 3 aromatic carbocycles. The highest BCUT2D eigenvalue weighted by molar-refractivity contribution is 5.94. The van der Waals surface area contributed by atoms with Crippen LogP contribution in [0.25, 0.3) is 22.6 Å². The smallest absolute Gasteiger partial charge is 0.262 e. The van der Waals surface area contributed by atoms with E-state index in [1.807, 2.05) is 44.2 Å². The number of ether oxygens (including phenoxy) is 1. The SMILES string of the molecule is CCN(CC)c1ccc(-c2nc3cc(NC(=O)COc4cc(C)cc(C)c4)ccc3o2)cc1. The van der Waals surface area contributed by atoms with Gasteiger partial charge in [0, 0.05) is 30.0 Å². The Balaban J connectivity index is 1.43. The van der Waals surface area contributed by atoms with E-state index in [1.165, 1.54) is 5.69 Å². The molecule has 0 aliphatic heterocycles. The predicted octanol–water partition coefficient (Wildman–Crippen LogP) is 5.98. The fourth-order valence-corrected chi connectivity index (χ4v) is 3.89. The lowest BCUT2D eigenvalue weighted by Crippen LogP contribution is -2.21. The summed E-state index contributed by atoms with van der Waals surface area (Å²) in [5.41, 5.74) is 6.28. The second-order valence-electron chi connectivity index (χ2n) is 8.08. The monoisotopic (exact) mass is 443 g/mol. The highest BCUT2D eigenvalue weighted by Gasteiger charge is 2.11. The quantitative estimate of drug-likeness (QED) is 0.363. The Morgan fingerprint density at radius 3 is 2.33 bits per heavy atom. The van der Waals surface area contributed by atoms with Gasteiger partial charge >= 0.3 is 0 Å². The van der Waals surface area contributed by atoms with Crippen molar-refractivity contribution in [2.24, 2.45) is 0 Å². The molecular weight excluding hydrogens is 414 g/mol. The number of hydrogen-bond donors (Lipinski definition) is 1. The van der Waals surface area contributed by atoms with Crippen molar-refractivity contribution in [3.63, 3.8) is 0 Å². The summed E-state index contributed by atoms with van der Waals surface area (Å²) in [7, 11) is 0. The van der Waals surface area contributed by atoms with Crippen LogP contribution in [0.15, 0.2) is 65.1 Å². The molecule has 0 aliphatic carbocycles. The number of aromatic nitrogens is 1. The van der Waals surface area contributed by atoms with Crippen molar-refractivity contribution < 1.29 is 13.9 Å². The fraction of sp³-hybridized carbons (Fsp3) is 0.259. The molecule has 1 amide bonds. The average Bonchev–Trinajstić information content (AvgIpc) is 3.22. The molecule has 0 unspecified atom stereocenters. The molecule has 6 heteroatoms. The summed E-state index contributed by atoms with van der Waals surface area (Å²) in [6, 6.07) is 19.5. The van der Waals surface area contributed by atoms with E-state index >= 15 is 0 Å². The van der Waals surface area contributed by atoms with Gasteiger partial charge in [0.2, 0.25) is 5.89 Å². The van der Waals surface area contributed by atoms with Gasteiger partial charge in [-0.3, -0.25) is 4.79 Å². The molecule has 170 valence electrons. The number of nitrogens with zero attached hydrogens (tertiary/aromatic N) is 2. The minimum Gasteiger partial charge on any atom is -0.484 e. The van der Waals surface area contributed by atoms with Gasteiger partial charge in [-0.25, -0.2) is 4.98 Å². The van der Waals surface area contributed by atoms with E-state index in [0.717, 1.165) is 29.8 Å². The van der Waals surface area contributed by atoms with Crippen molar-refractivity contribution in [1.29, 1.82) is 0 Å². The van der Waals surface area contributed by atoms with Crippen molar-refractivity contribution >= 4 is 28.4 Å². The molecule has 33 heavy (non-hydrogen) atoms. The number of amides is 1. The summed E-state index contributed by atoms with van der Waals surface area (Å²) < 4.78 is 11.6. The van der Waals surface area contributed by atoms with Gasteiger partial charge in [-0.1, -0.05) is 6.07 Å². The second-order valence-corrected chi connectivity index (χ2v) is 8.08. The van der Waals surface area contributed by atoms with E-state index in [1.54, 1.807) is 12.1 Å². The Bertz CT molecular complexity index is 1240. The molecule has 0 atom stereocenters. The Labute approximate surface area is 194 Å². The largest absolute Gasteiger partial charge is 0.484 e. The summed E-state index contributed by atoms with van der Waals surface area (Å²) >= 11 is 0. The van der Waals surface area contributed by atoms with E-state index in [2.05, 4.69) is 47.2 Å². The zero-order valence-corrected chi connectivity index (χ0v) is 19.5. The number of rotatable bonds is 8. The van der Waals surface area contributed by atoms with Crippen LogP contribution < -0.4 is 15.0 Å². The van der Waals surface area contributed by atoms with Crippen LogP contribution in [0.4, 0.5) is 11.4 Å². The van der Waals surface area contributed by atoms with Crippen LogP contribution in [-0.2, 0) is 4.79 Å². The number of anilines is 2. The minimum absolute atomic E-state index is 0.0656. The van der Waals surface area contributed by atoms with E-state index in [4.69, 9.17) is 9.15 Å². The van der Waals surface area contributed by atoms with Crippen molar-refractivity contribution in [2.75, 3.05) is 29.9 Å². The van der Waals surface area contributed by atoms with Gasteiger partial charge in [0.25, 0.3) is 5.91 Å². The van der Waals surface area contributed by atoms with Crippen molar-refractivity contribution in [3.05, 3.63) is 71.8 Å². The zero-order chi connectivity index (χ0) is 23.4.